The highest BCUT2D eigenvalue weighted by Gasteiger charge is 2.21. The van der Waals surface area contributed by atoms with Crippen LogP contribution in [-0.4, -0.2) is 0 Å². The molecule has 1 fully saturated rings. The van der Waals surface area contributed by atoms with Crippen LogP contribution in [0.2, 0.25) is 0 Å². The molecule has 2 unspecified atom stereocenters. The van der Waals surface area contributed by atoms with E-state index in [9.17, 15) is 0 Å². The van der Waals surface area contributed by atoms with E-state index in [0.29, 0.717) is 0 Å². The highest BCUT2D eigenvalue weighted by Crippen LogP contribution is 2.34. The molecule has 0 nitrogen and oxygen atoms in total. The summed E-state index contributed by atoms with van der Waals surface area (Å²) in [6.07, 6.45) is 18.1. The predicted octanol–water partition coefficient (Wildman–Crippen LogP) is 5.59. The van der Waals surface area contributed by atoms with Gasteiger partial charge in [0.25, 0.3) is 0 Å². The molecular weight excluding hydrogens is 204 g/mol. The Bertz CT molecular complexity index is 232. The van der Waals surface area contributed by atoms with E-state index in [1.165, 1.54) is 57.8 Å². The molecule has 0 saturated heterocycles. The van der Waals surface area contributed by atoms with Crippen molar-refractivity contribution in [2.75, 3.05) is 0 Å². The Kier molecular flexibility index (Phi) is 5.13. The molecule has 98 valence electrons. The van der Waals surface area contributed by atoms with Gasteiger partial charge < -0.3 is 0 Å². The summed E-state index contributed by atoms with van der Waals surface area (Å²) in [7, 11) is 0. The first-order valence-electron chi connectivity index (χ1n) is 7.92. The lowest BCUT2D eigenvalue weighted by Crippen LogP contribution is -2.16. The molecular formula is C17H30. The van der Waals surface area contributed by atoms with Gasteiger partial charge in [-0.1, -0.05) is 58.1 Å². The normalized spacial score (nSPS) is 35.8. The zero-order valence-electron chi connectivity index (χ0n) is 11.8. The maximum atomic E-state index is 2.50. The predicted molar refractivity (Wildman–Crippen MR) is 76.0 cm³/mol. The molecule has 2 aliphatic rings. The van der Waals surface area contributed by atoms with Crippen LogP contribution in [0.1, 0.15) is 71.6 Å². The van der Waals surface area contributed by atoms with Gasteiger partial charge in [0.05, 0.1) is 0 Å². The summed E-state index contributed by atoms with van der Waals surface area (Å²) in [5, 5.41) is 0. The van der Waals surface area contributed by atoms with Crippen LogP contribution in [0, 0.1) is 23.7 Å². The van der Waals surface area contributed by atoms with Crippen molar-refractivity contribution >= 4 is 0 Å². The Morgan fingerprint density at radius 3 is 2.53 bits per heavy atom. The average Bonchev–Trinajstić information content (AvgIpc) is 2.39. The van der Waals surface area contributed by atoms with Crippen molar-refractivity contribution in [3.05, 3.63) is 12.2 Å². The fourth-order valence-electron chi connectivity index (χ4n) is 3.64. The third-order valence-corrected chi connectivity index (χ3v) is 5.19. The Morgan fingerprint density at radius 1 is 1.12 bits per heavy atom. The zero-order chi connectivity index (χ0) is 12.1. The molecule has 0 N–H and O–H groups in total. The van der Waals surface area contributed by atoms with E-state index in [2.05, 4.69) is 26.0 Å². The van der Waals surface area contributed by atoms with E-state index >= 15 is 0 Å². The third kappa shape index (κ3) is 4.16. The maximum absolute atomic E-state index is 2.50. The Labute approximate surface area is 108 Å². The van der Waals surface area contributed by atoms with Crippen molar-refractivity contribution in [2.24, 2.45) is 23.7 Å². The van der Waals surface area contributed by atoms with Gasteiger partial charge in [-0.2, -0.15) is 0 Å². The van der Waals surface area contributed by atoms with Crippen molar-refractivity contribution in [3.8, 4) is 0 Å². The van der Waals surface area contributed by atoms with Crippen molar-refractivity contribution in [3.63, 3.8) is 0 Å². The van der Waals surface area contributed by atoms with Gasteiger partial charge in [0.1, 0.15) is 0 Å². The number of hydrogen-bond donors (Lipinski definition) is 0. The van der Waals surface area contributed by atoms with Crippen LogP contribution < -0.4 is 0 Å². The van der Waals surface area contributed by atoms with Crippen LogP contribution in [0.25, 0.3) is 0 Å². The van der Waals surface area contributed by atoms with E-state index in [0.717, 1.165) is 23.7 Å². The quantitative estimate of drug-likeness (QED) is 0.557. The summed E-state index contributed by atoms with van der Waals surface area (Å²) in [5.74, 6) is 3.88. The molecule has 0 bridgehead atoms. The average molecular weight is 234 g/mol. The van der Waals surface area contributed by atoms with Crippen LogP contribution in [0.15, 0.2) is 12.2 Å². The summed E-state index contributed by atoms with van der Waals surface area (Å²) in [5.41, 5.74) is 0. The molecule has 0 aromatic carbocycles. The number of allylic oxidation sites excluding steroid dienone is 2. The standard InChI is InChI=1S/C17H30/c1-14-8-11-16(12-9-14)13-10-15(2)17-6-4-3-5-7-17/h4,6,14-17H,3,5,7-13H2,1-2H3. The number of hydrogen-bond acceptors (Lipinski definition) is 0. The first-order chi connectivity index (χ1) is 8.25. The van der Waals surface area contributed by atoms with E-state index < -0.39 is 0 Å². The fourth-order valence-corrected chi connectivity index (χ4v) is 3.64. The Balaban J connectivity index is 1.67. The molecule has 0 radical (unpaired) electrons. The molecule has 0 aromatic heterocycles. The lowest BCUT2D eigenvalue weighted by atomic mass is 9.77. The maximum Gasteiger partial charge on any atom is -0.0208 e. The molecule has 0 spiro atoms. The largest absolute Gasteiger partial charge is 0.0882 e. The molecule has 1 saturated carbocycles. The van der Waals surface area contributed by atoms with E-state index in [-0.39, 0.29) is 0 Å². The molecule has 0 heteroatoms. The van der Waals surface area contributed by atoms with Gasteiger partial charge in [0.15, 0.2) is 0 Å². The van der Waals surface area contributed by atoms with Crippen LogP contribution in [0.4, 0.5) is 0 Å². The molecule has 0 aromatic rings. The Morgan fingerprint density at radius 2 is 1.88 bits per heavy atom. The van der Waals surface area contributed by atoms with Gasteiger partial charge in [-0.05, 0) is 49.4 Å². The minimum Gasteiger partial charge on any atom is -0.0882 e. The topological polar surface area (TPSA) is 0 Å². The zero-order valence-corrected chi connectivity index (χ0v) is 11.8. The van der Waals surface area contributed by atoms with Crippen molar-refractivity contribution in [2.45, 2.75) is 71.6 Å². The summed E-state index contributed by atoms with van der Waals surface area (Å²) < 4.78 is 0. The first-order valence-corrected chi connectivity index (χ1v) is 7.92. The summed E-state index contributed by atoms with van der Waals surface area (Å²) >= 11 is 0. The van der Waals surface area contributed by atoms with Gasteiger partial charge in [0, 0.05) is 0 Å². The smallest absolute Gasteiger partial charge is 0.0208 e. The lowest BCUT2D eigenvalue weighted by molar-refractivity contribution is 0.249. The lowest BCUT2D eigenvalue weighted by Gasteiger charge is -2.29. The van der Waals surface area contributed by atoms with E-state index in [1.807, 2.05) is 0 Å². The Hall–Kier alpha value is -0.260. The monoisotopic (exact) mass is 234 g/mol. The highest BCUT2D eigenvalue weighted by atomic mass is 14.3. The third-order valence-electron chi connectivity index (χ3n) is 5.19. The molecule has 17 heavy (non-hydrogen) atoms. The summed E-state index contributed by atoms with van der Waals surface area (Å²) in [4.78, 5) is 0. The minimum atomic E-state index is 0.895. The van der Waals surface area contributed by atoms with E-state index in [4.69, 9.17) is 0 Å². The number of rotatable bonds is 4. The van der Waals surface area contributed by atoms with Gasteiger partial charge in [0.2, 0.25) is 0 Å². The van der Waals surface area contributed by atoms with Crippen molar-refractivity contribution in [1.29, 1.82) is 0 Å². The van der Waals surface area contributed by atoms with Gasteiger partial charge in [-0.15, -0.1) is 0 Å². The van der Waals surface area contributed by atoms with Crippen molar-refractivity contribution in [1.82, 2.24) is 0 Å². The summed E-state index contributed by atoms with van der Waals surface area (Å²) in [6, 6.07) is 0. The molecule has 0 aliphatic heterocycles. The SMILES string of the molecule is CC1CCC(CCC(C)C2C=CCCC2)CC1. The molecule has 2 rings (SSSR count). The fraction of sp³-hybridized carbons (Fsp3) is 0.882. The highest BCUT2D eigenvalue weighted by molar-refractivity contribution is 4.94. The second kappa shape index (κ2) is 6.61. The van der Waals surface area contributed by atoms with Gasteiger partial charge >= 0.3 is 0 Å². The minimum absolute atomic E-state index is 0.895. The van der Waals surface area contributed by atoms with Crippen LogP contribution in [0.3, 0.4) is 0 Å². The molecule has 2 atom stereocenters. The molecule has 0 amide bonds. The van der Waals surface area contributed by atoms with Crippen LogP contribution >= 0.6 is 0 Å². The van der Waals surface area contributed by atoms with Crippen LogP contribution in [0.5, 0.6) is 0 Å². The molecule has 2 aliphatic carbocycles. The van der Waals surface area contributed by atoms with Crippen LogP contribution in [-0.2, 0) is 0 Å². The van der Waals surface area contributed by atoms with Gasteiger partial charge in [-0.3, -0.25) is 0 Å². The van der Waals surface area contributed by atoms with Crippen molar-refractivity contribution < 1.29 is 0 Å². The summed E-state index contributed by atoms with van der Waals surface area (Å²) in [6.45, 7) is 4.90. The first kappa shape index (κ1) is 13.2. The molecule has 0 heterocycles. The van der Waals surface area contributed by atoms with Gasteiger partial charge in [-0.25, -0.2) is 0 Å². The second-order valence-corrected chi connectivity index (χ2v) is 6.70. The van der Waals surface area contributed by atoms with E-state index in [1.54, 1.807) is 0 Å². The second-order valence-electron chi connectivity index (χ2n) is 6.70.